The van der Waals surface area contributed by atoms with E-state index in [1.54, 1.807) is 0 Å². The van der Waals surface area contributed by atoms with Gasteiger partial charge < -0.3 is 4.74 Å². The van der Waals surface area contributed by atoms with Gasteiger partial charge in [-0.3, -0.25) is 4.79 Å². The van der Waals surface area contributed by atoms with Crippen LogP contribution in [0, 0.1) is 0 Å². The van der Waals surface area contributed by atoms with E-state index >= 15 is 0 Å². The molecule has 0 saturated heterocycles. The number of benzene rings is 4. The zero-order valence-corrected chi connectivity index (χ0v) is 18.6. The summed E-state index contributed by atoms with van der Waals surface area (Å²) >= 11 is 0. The third-order valence-corrected chi connectivity index (χ3v) is 5.86. The van der Waals surface area contributed by atoms with E-state index in [4.69, 9.17) is 9.84 Å². The molecule has 0 unspecified atom stereocenters. The Morgan fingerprint density at radius 2 is 1.41 bits per heavy atom. The Kier molecular flexibility index (Phi) is 5.75. The Bertz CT molecular complexity index is 1540. The molecule has 0 aliphatic rings. The molecule has 5 rings (SSSR count). The second-order valence-corrected chi connectivity index (χ2v) is 7.92. The van der Waals surface area contributed by atoms with E-state index in [9.17, 15) is 9.59 Å². The first kappa shape index (κ1) is 21.3. The minimum atomic E-state index is -0.685. The van der Waals surface area contributed by atoms with Crippen LogP contribution < -0.4 is 5.56 Å². The van der Waals surface area contributed by atoms with Crippen LogP contribution in [0.5, 0.6) is 0 Å². The number of hydrogen-bond donors (Lipinski definition) is 0. The van der Waals surface area contributed by atoms with E-state index in [1.165, 1.54) is 11.8 Å². The Morgan fingerprint density at radius 3 is 2.12 bits per heavy atom. The van der Waals surface area contributed by atoms with Crippen LogP contribution in [0.4, 0.5) is 0 Å². The SMILES string of the molecule is COC(=O)c1c(-c2ccccc2)c(-c2ccccc2)nn(Cc2cccc3ccccc23)c1=O. The third-order valence-electron chi connectivity index (χ3n) is 5.86. The molecule has 166 valence electrons. The van der Waals surface area contributed by atoms with Crippen molar-refractivity contribution < 1.29 is 9.53 Å². The maximum Gasteiger partial charge on any atom is 0.344 e. The number of ether oxygens (including phenoxy) is 1. The first-order valence-corrected chi connectivity index (χ1v) is 11.0. The van der Waals surface area contributed by atoms with Crippen LogP contribution in [0.1, 0.15) is 15.9 Å². The van der Waals surface area contributed by atoms with Gasteiger partial charge in [0.1, 0.15) is 5.56 Å². The molecule has 0 amide bonds. The lowest BCUT2D eigenvalue weighted by molar-refractivity contribution is 0.0598. The second-order valence-electron chi connectivity index (χ2n) is 7.92. The van der Waals surface area contributed by atoms with Gasteiger partial charge in [-0.1, -0.05) is 103 Å². The monoisotopic (exact) mass is 446 g/mol. The highest BCUT2D eigenvalue weighted by molar-refractivity contribution is 6.00. The smallest absolute Gasteiger partial charge is 0.344 e. The topological polar surface area (TPSA) is 61.2 Å². The lowest BCUT2D eigenvalue weighted by atomic mass is 9.95. The molecule has 4 aromatic carbocycles. The fraction of sp³-hybridized carbons (Fsp3) is 0.0690. The summed E-state index contributed by atoms with van der Waals surface area (Å²) < 4.78 is 6.43. The number of esters is 1. The van der Waals surface area contributed by atoms with Crippen LogP contribution in [0.15, 0.2) is 108 Å². The zero-order valence-electron chi connectivity index (χ0n) is 18.6. The maximum atomic E-state index is 13.7. The minimum Gasteiger partial charge on any atom is -0.465 e. The van der Waals surface area contributed by atoms with Crippen molar-refractivity contribution in [1.82, 2.24) is 9.78 Å². The molecule has 5 nitrogen and oxygen atoms in total. The first-order chi connectivity index (χ1) is 16.7. The number of fused-ring (bicyclic) bond motifs is 1. The molecule has 0 bridgehead atoms. The number of rotatable bonds is 5. The fourth-order valence-corrected chi connectivity index (χ4v) is 4.24. The molecule has 0 aliphatic carbocycles. The van der Waals surface area contributed by atoms with Crippen LogP contribution in [0.2, 0.25) is 0 Å². The average molecular weight is 447 g/mol. The van der Waals surface area contributed by atoms with Crippen molar-refractivity contribution >= 4 is 16.7 Å². The lowest BCUT2D eigenvalue weighted by Crippen LogP contribution is -2.31. The van der Waals surface area contributed by atoms with Gasteiger partial charge in [0.25, 0.3) is 5.56 Å². The number of nitrogens with zero attached hydrogens (tertiary/aromatic N) is 2. The maximum absolute atomic E-state index is 13.7. The normalized spacial score (nSPS) is 10.9. The molecule has 34 heavy (non-hydrogen) atoms. The predicted molar refractivity (Wildman–Crippen MR) is 134 cm³/mol. The number of methoxy groups -OCH3 is 1. The van der Waals surface area contributed by atoms with E-state index in [-0.39, 0.29) is 12.1 Å². The molecule has 0 radical (unpaired) electrons. The summed E-state index contributed by atoms with van der Waals surface area (Å²) in [5.41, 5.74) is 2.97. The van der Waals surface area contributed by atoms with Crippen LogP contribution in [-0.4, -0.2) is 22.9 Å². The molecule has 0 N–H and O–H groups in total. The van der Waals surface area contributed by atoms with E-state index in [0.29, 0.717) is 11.3 Å². The largest absolute Gasteiger partial charge is 0.465 e. The highest BCUT2D eigenvalue weighted by Gasteiger charge is 2.26. The summed E-state index contributed by atoms with van der Waals surface area (Å²) in [5, 5.41) is 6.90. The van der Waals surface area contributed by atoms with Gasteiger partial charge in [-0.25, -0.2) is 9.48 Å². The van der Waals surface area contributed by atoms with Crippen molar-refractivity contribution in [3.63, 3.8) is 0 Å². The molecule has 0 spiro atoms. The second kappa shape index (κ2) is 9.16. The van der Waals surface area contributed by atoms with Gasteiger partial charge in [-0.15, -0.1) is 0 Å². The van der Waals surface area contributed by atoms with Gasteiger partial charge in [0.15, 0.2) is 0 Å². The van der Waals surface area contributed by atoms with Crippen LogP contribution >= 0.6 is 0 Å². The summed E-state index contributed by atoms with van der Waals surface area (Å²) in [5.74, 6) is -0.685. The summed E-state index contributed by atoms with van der Waals surface area (Å²) in [6.07, 6.45) is 0. The molecule has 1 aromatic heterocycles. The van der Waals surface area contributed by atoms with Crippen LogP contribution in [-0.2, 0) is 11.3 Å². The Labute approximate surface area is 196 Å². The number of aromatic nitrogens is 2. The highest BCUT2D eigenvalue weighted by Crippen LogP contribution is 2.32. The molecular formula is C29H22N2O3. The molecule has 0 saturated carbocycles. The van der Waals surface area contributed by atoms with E-state index in [2.05, 4.69) is 0 Å². The molecule has 0 atom stereocenters. The van der Waals surface area contributed by atoms with Gasteiger partial charge in [0, 0.05) is 11.1 Å². The van der Waals surface area contributed by atoms with Gasteiger partial charge in [0.2, 0.25) is 0 Å². The summed E-state index contributed by atoms with van der Waals surface area (Å²) in [7, 11) is 1.29. The molecule has 5 heteroatoms. The molecule has 1 heterocycles. The summed E-state index contributed by atoms with van der Waals surface area (Å²) in [6, 6.07) is 32.9. The van der Waals surface area contributed by atoms with Gasteiger partial charge in [-0.2, -0.15) is 5.10 Å². The standard InChI is InChI=1S/C29H22N2O3/c1-34-29(33)26-25(21-12-4-2-5-13-21)27(22-14-6-3-7-15-22)30-31(28(26)32)19-23-17-10-16-20-11-8-9-18-24(20)23/h2-18H,19H2,1H3. The molecule has 5 aromatic rings. The molecular weight excluding hydrogens is 424 g/mol. The Morgan fingerprint density at radius 1 is 0.794 bits per heavy atom. The van der Waals surface area contributed by atoms with E-state index in [1.807, 2.05) is 103 Å². The lowest BCUT2D eigenvalue weighted by Gasteiger charge is -2.17. The number of hydrogen-bond acceptors (Lipinski definition) is 4. The zero-order chi connectivity index (χ0) is 23.5. The number of carbonyl (C=O) groups excluding carboxylic acids is 1. The molecule has 0 fully saturated rings. The van der Waals surface area contributed by atoms with Crippen molar-refractivity contribution in [2.75, 3.05) is 7.11 Å². The Hall–Kier alpha value is -4.51. The highest BCUT2D eigenvalue weighted by atomic mass is 16.5. The van der Waals surface area contributed by atoms with Crippen molar-refractivity contribution in [3.8, 4) is 22.4 Å². The van der Waals surface area contributed by atoms with Gasteiger partial charge >= 0.3 is 5.97 Å². The van der Waals surface area contributed by atoms with Crippen LogP contribution in [0.25, 0.3) is 33.2 Å². The molecule has 0 aliphatic heterocycles. The Balaban J connectivity index is 1.80. The van der Waals surface area contributed by atoms with E-state index < -0.39 is 11.5 Å². The minimum absolute atomic E-state index is 0.0252. The van der Waals surface area contributed by atoms with Gasteiger partial charge in [0.05, 0.1) is 19.3 Å². The summed E-state index contributed by atoms with van der Waals surface area (Å²) in [6.45, 7) is 0.221. The average Bonchev–Trinajstić information content (AvgIpc) is 2.90. The third kappa shape index (κ3) is 3.88. The number of carbonyl (C=O) groups is 1. The van der Waals surface area contributed by atoms with Crippen LogP contribution in [0.3, 0.4) is 0 Å². The van der Waals surface area contributed by atoms with Crippen molar-refractivity contribution in [1.29, 1.82) is 0 Å². The predicted octanol–water partition coefficient (Wildman–Crippen LogP) is 5.57. The van der Waals surface area contributed by atoms with Gasteiger partial charge in [-0.05, 0) is 21.9 Å². The van der Waals surface area contributed by atoms with Crippen molar-refractivity contribution in [3.05, 3.63) is 125 Å². The summed E-state index contributed by atoms with van der Waals surface area (Å²) in [4.78, 5) is 26.7. The fourth-order valence-electron chi connectivity index (χ4n) is 4.24. The van der Waals surface area contributed by atoms with E-state index in [0.717, 1.165) is 27.5 Å². The van der Waals surface area contributed by atoms with Crippen molar-refractivity contribution in [2.45, 2.75) is 6.54 Å². The quantitative estimate of drug-likeness (QED) is 0.331. The first-order valence-electron chi connectivity index (χ1n) is 11.0. The van der Waals surface area contributed by atoms with Crippen molar-refractivity contribution in [2.24, 2.45) is 0 Å².